The highest BCUT2D eigenvalue weighted by Crippen LogP contribution is 2.29. The van der Waals surface area contributed by atoms with Gasteiger partial charge < -0.3 is 35.6 Å². The van der Waals surface area contributed by atoms with Gasteiger partial charge in [0.2, 0.25) is 23.6 Å². The third-order valence-electron chi connectivity index (χ3n) is 9.98. The lowest BCUT2D eigenvalue weighted by atomic mass is 9.90. The third-order valence-corrected chi connectivity index (χ3v) is 9.98. The molecule has 7 atom stereocenters. The number of nitrogens with one attached hydrogen (secondary N) is 2. The van der Waals surface area contributed by atoms with Gasteiger partial charge in [0.05, 0.1) is 36.6 Å². The topological polar surface area (TPSA) is 143 Å². The van der Waals surface area contributed by atoms with E-state index < -0.39 is 24.2 Å². The summed E-state index contributed by atoms with van der Waals surface area (Å²) in [6.45, 7) is 10.5. The standard InChI is InChI=1S/C39H59N5O6/c1-9-26(4)36(43(6)34(45)22-25(2)3)33(49-7)24-35(46)44-21-13-16-32(44)37(50-8)27(5)38(47)42-31(23-28-14-11-10-12-15-28)39(48)41-30-19-17-29(40)18-20-30/h10-12,14-15,17-20,25-27,31-33,36-37H,9,13,16,21-24,40H2,1-8H3,(H,41,48)(H,42,47)/t26-,27+,31-,32-,33+,36-,37+/m0/s1. The van der Waals surface area contributed by atoms with Crippen molar-refractivity contribution >= 4 is 35.0 Å². The Labute approximate surface area is 298 Å². The summed E-state index contributed by atoms with van der Waals surface area (Å²) in [7, 11) is 4.95. The molecule has 11 heteroatoms. The molecule has 1 fully saturated rings. The second-order valence-electron chi connectivity index (χ2n) is 14.1. The van der Waals surface area contributed by atoms with E-state index in [9.17, 15) is 19.2 Å². The van der Waals surface area contributed by atoms with Crippen LogP contribution in [0.25, 0.3) is 0 Å². The van der Waals surface area contributed by atoms with Crippen LogP contribution in [0.15, 0.2) is 54.6 Å². The zero-order valence-electron chi connectivity index (χ0n) is 31.2. The highest BCUT2D eigenvalue weighted by molar-refractivity contribution is 5.97. The molecule has 3 rings (SSSR count). The lowest BCUT2D eigenvalue weighted by molar-refractivity contribution is -0.146. The number of nitrogen functional groups attached to an aromatic ring is 1. The van der Waals surface area contributed by atoms with Crippen molar-refractivity contribution in [3.8, 4) is 0 Å². The van der Waals surface area contributed by atoms with Crippen LogP contribution in [0.3, 0.4) is 0 Å². The van der Waals surface area contributed by atoms with Crippen molar-refractivity contribution in [2.45, 2.75) is 103 Å². The highest BCUT2D eigenvalue weighted by atomic mass is 16.5. The van der Waals surface area contributed by atoms with Crippen molar-refractivity contribution in [3.05, 3.63) is 60.2 Å². The van der Waals surface area contributed by atoms with E-state index in [4.69, 9.17) is 15.2 Å². The number of carbonyl (C=O) groups excluding carboxylic acids is 4. The van der Waals surface area contributed by atoms with Gasteiger partial charge in [0.1, 0.15) is 6.04 Å². The van der Waals surface area contributed by atoms with E-state index in [0.717, 1.165) is 18.4 Å². The van der Waals surface area contributed by atoms with E-state index in [2.05, 4.69) is 24.5 Å². The summed E-state index contributed by atoms with van der Waals surface area (Å²) in [5.41, 5.74) is 7.86. The van der Waals surface area contributed by atoms with Crippen LogP contribution in [0.2, 0.25) is 0 Å². The molecule has 0 bridgehead atoms. The average Bonchev–Trinajstić information content (AvgIpc) is 3.58. The van der Waals surface area contributed by atoms with E-state index in [1.54, 1.807) is 57.4 Å². The number of carbonyl (C=O) groups is 4. The Bertz CT molecular complexity index is 1390. The summed E-state index contributed by atoms with van der Waals surface area (Å²) in [6.07, 6.45) is 1.97. The first-order valence-corrected chi connectivity index (χ1v) is 17.9. The Hall–Kier alpha value is -3.96. The summed E-state index contributed by atoms with van der Waals surface area (Å²) in [5.74, 6) is -1.12. The minimum Gasteiger partial charge on any atom is -0.399 e. The summed E-state index contributed by atoms with van der Waals surface area (Å²) in [4.78, 5) is 58.1. The Kier molecular flexibility index (Phi) is 15.7. The van der Waals surface area contributed by atoms with Crippen molar-refractivity contribution in [3.63, 3.8) is 0 Å². The molecule has 11 nitrogen and oxygen atoms in total. The maximum Gasteiger partial charge on any atom is 0.247 e. The Morgan fingerprint density at radius 2 is 1.60 bits per heavy atom. The number of hydrogen-bond donors (Lipinski definition) is 3. The SMILES string of the molecule is CC[C@H](C)[C@@H]([C@@H](CC(=O)N1CCC[C@H]1[C@H](OC)[C@@H](C)C(=O)N[C@@H](Cc1ccccc1)C(=O)Nc1ccc(N)cc1)OC)N(C)C(=O)CC(C)C. The maximum atomic E-state index is 14.0. The Morgan fingerprint density at radius 3 is 2.18 bits per heavy atom. The van der Waals surface area contributed by atoms with Gasteiger partial charge in [-0.3, -0.25) is 19.2 Å². The number of nitrogens with zero attached hydrogens (tertiary/aromatic N) is 2. The first kappa shape index (κ1) is 40.5. The quantitative estimate of drug-likeness (QED) is 0.189. The van der Waals surface area contributed by atoms with Gasteiger partial charge in [0.25, 0.3) is 0 Å². The molecule has 0 radical (unpaired) electrons. The zero-order chi connectivity index (χ0) is 37.0. The van der Waals surface area contributed by atoms with Gasteiger partial charge >= 0.3 is 0 Å². The molecule has 2 aromatic rings. The molecular weight excluding hydrogens is 634 g/mol. The highest BCUT2D eigenvalue weighted by Gasteiger charge is 2.42. The number of anilines is 2. The lowest BCUT2D eigenvalue weighted by Gasteiger charge is -2.39. The van der Waals surface area contributed by atoms with Crippen molar-refractivity contribution in [2.75, 3.05) is 38.9 Å². The molecule has 0 spiro atoms. The molecule has 2 aromatic carbocycles. The van der Waals surface area contributed by atoms with Crippen LogP contribution in [-0.2, 0) is 35.1 Å². The molecule has 1 saturated heterocycles. The second kappa shape index (κ2) is 19.4. The summed E-state index contributed by atoms with van der Waals surface area (Å²) < 4.78 is 11.9. The predicted octanol–water partition coefficient (Wildman–Crippen LogP) is 4.90. The Balaban J connectivity index is 1.77. The van der Waals surface area contributed by atoms with Gasteiger partial charge in [-0.2, -0.15) is 0 Å². The van der Waals surface area contributed by atoms with Crippen molar-refractivity contribution < 1.29 is 28.7 Å². The summed E-state index contributed by atoms with van der Waals surface area (Å²) in [6, 6.07) is 14.9. The number of hydrogen-bond acceptors (Lipinski definition) is 7. The van der Waals surface area contributed by atoms with E-state index in [0.29, 0.717) is 30.8 Å². The molecule has 0 unspecified atom stereocenters. The van der Waals surface area contributed by atoms with Gasteiger partial charge in [0, 0.05) is 52.0 Å². The second-order valence-corrected chi connectivity index (χ2v) is 14.1. The fourth-order valence-electron chi connectivity index (χ4n) is 6.98. The molecular formula is C39H59N5O6. The zero-order valence-corrected chi connectivity index (χ0v) is 31.2. The maximum absolute atomic E-state index is 14.0. The fraction of sp³-hybridized carbons (Fsp3) is 0.590. The molecule has 4 N–H and O–H groups in total. The molecule has 1 heterocycles. The number of methoxy groups -OCH3 is 2. The number of rotatable bonds is 18. The van der Waals surface area contributed by atoms with E-state index in [1.165, 1.54) is 0 Å². The van der Waals surface area contributed by atoms with Gasteiger partial charge in [-0.1, -0.05) is 71.4 Å². The van der Waals surface area contributed by atoms with Crippen LogP contribution < -0.4 is 16.4 Å². The van der Waals surface area contributed by atoms with Crippen LogP contribution in [-0.4, -0.2) is 91.6 Å². The van der Waals surface area contributed by atoms with Gasteiger partial charge in [-0.05, 0) is 54.5 Å². The van der Waals surface area contributed by atoms with Gasteiger partial charge in [-0.15, -0.1) is 0 Å². The molecule has 1 aliphatic rings. The van der Waals surface area contributed by atoms with E-state index in [-0.39, 0.29) is 60.4 Å². The predicted molar refractivity (Wildman–Crippen MR) is 197 cm³/mol. The molecule has 1 aliphatic heterocycles. The molecule has 276 valence electrons. The van der Waals surface area contributed by atoms with E-state index >= 15 is 0 Å². The van der Waals surface area contributed by atoms with Crippen molar-refractivity contribution in [1.82, 2.24) is 15.1 Å². The smallest absolute Gasteiger partial charge is 0.247 e. The van der Waals surface area contributed by atoms with Crippen molar-refractivity contribution in [2.24, 2.45) is 17.8 Å². The fourth-order valence-corrected chi connectivity index (χ4v) is 6.98. The third kappa shape index (κ3) is 11.0. The molecule has 4 amide bonds. The monoisotopic (exact) mass is 693 g/mol. The summed E-state index contributed by atoms with van der Waals surface area (Å²) in [5, 5.41) is 5.87. The number of likely N-dealkylation sites (N-methyl/N-ethyl adjacent to an activating group) is 1. The normalized spacial score (nSPS) is 18.1. The first-order chi connectivity index (χ1) is 23.8. The number of benzene rings is 2. The van der Waals surface area contributed by atoms with Crippen molar-refractivity contribution in [1.29, 1.82) is 0 Å². The molecule has 0 aromatic heterocycles. The minimum atomic E-state index is -0.862. The van der Waals surface area contributed by atoms with Crippen LogP contribution in [0.4, 0.5) is 11.4 Å². The number of nitrogens with two attached hydrogens (primary N) is 1. The van der Waals surface area contributed by atoms with Gasteiger partial charge in [0.15, 0.2) is 0 Å². The number of likely N-dealkylation sites (tertiary alicyclic amines) is 1. The van der Waals surface area contributed by atoms with Gasteiger partial charge in [-0.25, -0.2) is 0 Å². The molecule has 0 saturated carbocycles. The largest absolute Gasteiger partial charge is 0.399 e. The Morgan fingerprint density at radius 1 is 0.940 bits per heavy atom. The molecule has 0 aliphatic carbocycles. The lowest BCUT2D eigenvalue weighted by Crippen LogP contribution is -2.54. The van der Waals surface area contributed by atoms with Crippen LogP contribution in [0.1, 0.15) is 72.3 Å². The number of amides is 4. The van der Waals surface area contributed by atoms with Crippen LogP contribution in [0.5, 0.6) is 0 Å². The van der Waals surface area contributed by atoms with Crippen LogP contribution >= 0.6 is 0 Å². The minimum absolute atomic E-state index is 0.0332. The number of ether oxygens (including phenoxy) is 2. The molecule has 50 heavy (non-hydrogen) atoms. The summed E-state index contributed by atoms with van der Waals surface area (Å²) >= 11 is 0. The van der Waals surface area contributed by atoms with E-state index in [1.807, 2.05) is 49.1 Å². The average molecular weight is 694 g/mol. The first-order valence-electron chi connectivity index (χ1n) is 17.9. The van der Waals surface area contributed by atoms with Crippen LogP contribution in [0, 0.1) is 17.8 Å².